The molecule has 1 saturated carbocycles. The Balaban J connectivity index is 1.95. The van der Waals surface area contributed by atoms with Crippen LogP contribution in [0.1, 0.15) is 58.6 Å². The fourth-order valence-corrected chi connectivity index (χ4v) is 4.12. The third-order valence-electron chi connectivity index (χ3n) is 4.42. The van der Waals surface area contributed by atoms with Crippen LogP contribution in [0.25, 0.3) is 0 Å². The van der Waals surface area contributed by atoms with Gasteiger partial charge in [-0.1, -0.05) is 45.9 Å². The third kappa shape index (κ3) is 4.52. The fourth-order valence-electron chi connectivity index (χ4n) is 4.12. The molecule has 0 aliphatic heterocycles. The SMILES string of the molecule is CC1(C)CC(NCC(O)c2ccccc2F)CC(C)(C)C1. The predicted molar refractivity (Wildman–Crippen MR) is 84.6 cm³/mol. The molecule has 2 N–H and O–H groups in total. The lowest BCUT2D eigenvalue weighted by atomic mass is 9.63. The number of nitrogens with one attached hydrogen (secondary N) is 1. The van der Waals surface area contributed by atoms with Gasteiger partial charge in [0.25, 0.3) is 0 Å². The number of rotatable bonds is 4. The molecule has 1 aromatic carbocycles. The van der Waals surface area contributed by atoms with E-state index < -0.39 is 6.10 Å². The molecular weight excluding hydrogens is 265 g/mol. The van der Waals surface area contributed by atoms with Gasteiger partial charge in [-0.2, -0.15) is 0 Å². The smallest absolute Gasteiger partial charge is 0.129 e. The second kappa shape index (κ2) is 6.05. The van der Waals surface area contributed by atoms with E-state index in [1.54, 1.807) is 18.2 Å². The first-order chi connectivity index (χ1) is 9.69. The van der Waals surface area contributed by atoms with Crippen molar-refractivity contribution in [3.8, 4) is 0 Å². The van der Waals surface area contributed by atoms with Crippen molar-refractivity contribution in [1.29, 1.82) is 0 Å². The number of hydrogen-bond donors (Lipinski definition) is 2. The molecule has 3 heteroatoms. The molecule has 21 heavy (non-hydrogen) atoms. The van der Waals surface area contributed by atoms with Crippen molar-refractivity contribution in [2.45, 2.75) is 59.1 Å². The van der Waals surface area contributed by atoms with Gasteiger partial charge in [-0.05, 0) is 36.2 Å². The van der Waals surface area contributed by atoms with Gasteiger partial charge >= 0.3 is 0 Å². The van der Waals surface area contributed by atoms with Crippen LogP contribution in [0.4, 0.5) is 4.39 Å². The zero-order valence-corrected chi connectivity index (χ0v) is 13.6. The summed E-state index contributed by atoms with van der Waals surface area (Å²) in [4.78, 5) is 0. The highest BCUT2D eigenvalue weighted by molar-refractivity contribution is 5.20. The Morgan fingerprint density at radius 3 is 2.33 bits per heavy atom. The molecule has 0 radical (unpaired) electrons. The lowest BCUT2D eigenvalue weighted by Crippen LogP contribution is -2.45. The summed E-state index contributed by atoms with van der Waals surface area (Å²) in [6, 6.07) is 6.83. The minimum absolute atomic E-state index is 0.308. The highest BCUT2D eigenvalue weighted by Gasteiger charge is 2.38. The van der Waals surface area contributed by atoms with Gasteiger partial charge in [-0.3, -0.25) is 0 Å². The van der Waals surface area contributed by atoms with Gasteiger partial charge in [0.1, 0.15) is 5.82 Å². The Morgan fingerprint density at radius 2 is 1.76 bits per heavy atom. The molecule has 1 aliphatic carbocycles. The maximum Gasteiger partial charge on any atom is 0.129 e. The first-order valence-corrected chi connectivity index (χ1v) is 7.84. The average molecular weight is 293 g/mol. The van der Waals surface area contributed by atoms with Crippen LogP contribution >= 0.6 is 0 Å². The number of aliphatic hydroxyl groups excluding tert-OH is 1. The quantitative estimate of drug-likeness (QED) is 0.877. The summed E-state index contributed by atoms with van der Waals surface area (Å²) in [5, 5.41) is 13.6. The van der Waals surface area contributed by atoms with Crippen LogP contribution in [0.2, 0.25) is 0 Å². The van der Waals surface area contributed by atoms with Gasteiger partial charge in [0.2, 0.25) is 0 Å². The molecule has 0 heterocycles. The zero-order chi connectivity index (χ0) is 15.7. The highest BCUT2D eigenvalue weighted by atomic mass is 19.1. The maximum absolute atomic E-state index is 13.7. The van der Waals surface area contributed by atoms with Crippen molar-refractivity contribution in [3.05, 3.63) is 35.6 Å². The van der Waals surface area contributed by atoms with Crippen LogP contribution in [-0.2, 0) is 0 Å². The molecule has 0 amide bonds. The largest absolute Gasteiger partial charge is 0.387 e. The topological polar surface area (TPSA) is 32.3 Å². The second-order valence-electron chi connectivity index (χ2n) is 8.06. The van der Waals surface area contributed by atoms with E-state index in [1.165, 1.54) is 12.5 Å². The van der Waals surface area contributed by atoms with E-state index in [1.807, 2.05) is 0 Å². The van der Waals surface area contributed by atoms with Gasteiger partial charge < -0.3 is 10.4 Å². The summed E-state index contributed by atoms with van der Waals surface area (Å²) in [7, 11) is 0. The van der Waals surface area contributed by atoms with Crippen LogP contribution < -0.4 is 5.32 Å². The Morgan fingerprint density at radius 1 is 1.19 bits per heavy atom. The van der Waals surface area contributed by atoms with Crippen LogP contribution in [0.3, 0.4) is 0 Å². The third-order valence-corrected chi connectivity index (χ3v) is 4.42. The maximum atomic E-state index is 13.7. The normalized spacial score (nSPS) is 23.0. The van der Waals surface area contributed by atoms with E-state index in [-0.39, 0.29) is 5.82 Å². The zero-order valence-electron chi connectivity index (χ0n) is 13.6. The van der Waals surface area contributed by atoms with E-state index in [0.717, 1.165) is 12.8 Å². The molecule has 1 unspecified atom stereocenters. The molecule has 1 aliphatic rings. The molecule has 1 atom stereocenters. The molecule has 1 fully saturated rings. The Labute approximate surface area is 127 Å². The van der Waals surface area contributed by atoms with Crippen molar-refractivity contribution in [2.24, 2.45) is 10.8 Å². The van der Waals surface area contributed by atoms with Gasteiger partial charge in [0.05, 0.1) is 6.10 Å². The van der Waals surface area contributed by atoms with E-state index in [0.29, 0.717) is 29.0 Å². The number of benzene rings is 1. The van der Waals surface area contributed by atoms with E-state index >= 15 is 0 Å². The van der Waals surface area contributed by atoms with Crippen LogP contribution in [0, 0.1) is 16.6 Å². The standard InChI is InChI=1S/C18H28FNO/c1-17(2)9-13(10-18(3,4)12-17)20-11-16(21)14-7-5-6-8-15(14)19/h5-8,13,16,20-21H,9-12H2,1-4H3. The summed E-state index contributed by atoms with van der Waals surface area (Å²) in [6.45, 7) is 9.61. The highest BCUT2D eigenvalue weighted by Crippen LogP contribution is 2.45. The van der Waals surface area contributed by atoms with Gasteiger partial charge in [0, 0.05) is 18.2 Å². The van der Waals surface area contributed by atoms with Crippen molar-refractivity contribution >= 4 is 0 Å². The lowest BCUT2D eigenvalue weighted by Gasteiger charge is -2.45. The summed E-state index contributed by atoms with van der Waals surface area (Å²) >= 11 is 0. The molecular formula is C18H28FNO. The number of aliphatic hydroxyl groups is 1. The minimum atomic E-state index is -0.792. The predicted octanol–water partition coefficient (Wildman–Crippen LogP) is 4.05. The molecule has 1 aromatic rings. The number of hydrogen-bond acceptors (Lipinski definition) is 2. The van der Waals surface area contributed by atoms with Gasteiger partial charge in [-0.15, -0.1) is 0 Å². The lowest BCUT2D eigenvalue weighted by molar-refractivity contribution is 0.0756. The van der Waals surface area contributed by atoms with E-state index in [2.05, 4.69) is 33.0 Å². The first kappa shape index (κ1) is 16.4. The van der Waals surface area contributed by atoms with Crippen LogP contribution in [-0.4, -0.2) is 17.7 Å². The Bertz CT molecular complexity index is 468. The minimum Gasteiger partial charge on any atom is -0.387 e. The molecule has 2 rings (SSSR count). The van der Waals surface area contributed by atoms with Gasteiger partial charge in [0.15, 0.2) is 0 Å². The monoisotopic (exact) mass is 293 g/mol. The average Bonchev–Trinajstić information content (AvgIpc) is 2.33. The number of halogens is 1. The Kier molecular flexibility index (Phi) is 4.74. The van der Waals surface area contributed by atoms with Crippen molar-refractivity contribution < 1.29 is 9.50 Å². The molecule has 0 bridgehead atoms. The van der Waals surface area contributed by atoms with Crippen LogP contribution in [0.15, 0.2) is 24.3 Å². The first-order valence-electron chi connectivity index (χ1n) is 7.84. The summed E-state index contributed by atoms with van der Waals surface area (Å²) in [6.07, 6.45) is 2.62. The van der Waals surface area contributed by atoms with E-state index in [4.69, 9.17) is 0 Å². The second-order valence-corrected chi connectivity index (χ2v) is 8.06. The summed E-state index contributed by atoms with van der Waals surface area (Å²) < 4.78 is 13.7. The van der Waals surface area contributed by atoms with Crippen molar-refractivity contribution in [2.75, 3.05) is 6.54 Å². The van der Waals surface area contributed by atoms with Crippen molar-refractivity contribution in [1.82, 2.24) is 5.32 Å². The fraction of sp³-hybridized carbons (Fsp3) is 0.667. The molecule has 2 nitrogen and oxygen atoms in total. The van der Waals surface area contributed by atoms with Gasteiger partial charge in [-0.25, -0.2) is 4.39 Å². The molecule has 0 spiro atoms. The van der Waals surface area contributed by atoms with Crippen LogP contribution in [0.5, 0.6) is 0 Å². The van der Waals surface area contributed by atoms with Crippen molar-refractivity contribution in [3.63, 3.8) is 0 Å². The molecule has 0 saturated heterocycles. The molecule has 118 valence electrons. The summed E-state index contributed by atoms with van der Waals surface area (Å²) in [5.74, 6) is -0.337. The molecule has 0 aromatic heterocycles. The Hall–Kier alpha value is -0.930. The van der Waals surface area contributed by atoms with E-state index in [9.17, 15) is 9.50 Å². The summed E-state index contributed by atoms with van der Waals surface area (Å²) in [5.41, 5.74) is 0.990.